The van der Waals surface area contributed by atoms with Crippen LogP contribution >= 0.6 is 50.1 Å². The number of hydrogen-bond donors (Lipinski definition) is 1. The van der Waals surface area contributed by atoms with Gasteiger partial charge in [0, 0.05) is 19.1 Å². The number of nitrogens with one attached hydrogen (secondary N) is 1. The molecule has 0 saturated heterocycles. The van der Waals surface area contributed by atoms with Crippen molar-refractivity contribution < 1.29 is 4.74 Å². The van der Waals surface area contributed by atoms with Crippen LogP contribution in [0.1, 0.15) is 5.56 Å². The first-order valence-electron chi connectivity index (χ1n) is 8.42. The topological polar surface area (TPSA) is 47.0 Å². The standard InChI is InChI=1S/C21H14BrClIN3O/c22-14-3-1-2-13(8-14)11-28-20-7-5-16(10-18(20)23)27-21-17-9-15(24)4-6-19(17)25-12-26-21/h1-10,12H,11H2,(H,25,26,27). The lowest BCUT2D eigenvalue weighted by Crippen LogP contribution is -1.98. The van der Waals surface area contributed by atoms with Crippen LogP contribution in [0.25, 0.3) is 10.9 Å². The zero-order valence-corrected chi connectivity index (χ0v) is 19.0. The van der Waals surface area contributed by atoms with Crippen molar-refractivity contribution in [3.63, 3.8) is 0 Å². The molecule has 0 aliphatic heterocycles. The third-order valence-corrected chi connectivity index (χ3v) is 5.53. The molecule has 3 aromatic carbocycles. The largest absolute Gasteiger partial charge is 0.487 e. The Morgan fingerprint density at radius 1 is 1.04 bits per heavy atom. The quantitative estimate of drug-likeness (QED) is 0.265. The molecule has 0 unspecified atom stereocenters. The molecule has 140 valence electrons. The van der Waals surface area contributed by atoms with Gasteiger partial charge in [-0.05, 0) is 76.7 Å². The predicted octanol–water partition coefficient (Wildman–Crippen LogP) is 6.97. The van der Waals surface area contributed by atoms with Crippen LogP contribution in [-0.4, -0.2) is 9.97 Å². The van der Waals surface area contributed by atoms with E-state index in [1.807, 2.05) is 54.6 Å². The molecule has 0 bridgehead atoms. The van der Waals surface area contributed by atoms with E-state index < -0.39 is 0 Å². The zero-order chi connectivity index (χ0) is 19.5. The van der Waals surface area contributed by atoms with Crippen LogP contribution in [0.2, 0.25) is 5.02 Å². The molecule has 1 N–H and O–H groups in total. The lowest BCUT2D eigenvalue weighted by molar-refractivity contribution is 0.306. The molecule has 4 nitrogen and oxygen atoms in total. The first kappa shape index (κ1) is 19.4. The van der Waals surface area contributed by atoms with E-state index in [1.54, 1.807) is 6.33 Å². The van der Waals surface area contributed by atoms with E-state index in [-0.39, 0.29) is 0 Å². The molecule has 0 saturated carbocycles. The number of rotatable bonds is 5. The summed E-state index contributed by atoms with van der Waals surface area (Å²) in [5.74, 6) is 1.37. The molecule has 0 radical (unpaired) electrons. The summed E-state index contributed by atoms with van der Waals surface area (Å²) in [5.41, 5.74) is 2.78. The van der Waals surface area contributed by atoms with Gasteiger partial charge in [0.2, 0.25) is 0 Å². The number of benzene rings is 3. The number of hydrogen-bond acceptors (Lipinski definition) is 4. The highest BCUT2D eigenvalue weighted by molar-refractivity contribution is 14.1. The van der Waals surface area contributed by atoms with E-state index in [4.69, 9.17) is 16.3 Å². The summed E-state index contributed by atoms with van der Waals surface area (Å²) in [7, 11) is 0. The van der Waals surface area contributed by atoms with Crippen LogP contribution in [0, 0.1) is 3.57 Å². The normalized spacial score (nSPS) is 10.8. The third kappa shape index (κ3) is 4.56. The second kappa shape index (κ2) is 8.63. The monoisotopic (exact) mass is 565 g/mol. The molecule has 4 rings (SSSR count). The van der Waals surface area contributed by atoms with Crippen molar-refractivity contribution in [3.05, 3.63) is 85.6 Å². The highest BCUT2D eigenvalue weighted by atomic mass is 127. The number of nitrogens with zero attached hydrogens (tertiary/aromatic N) is 2. The highest BCUT2D eigenvalue weighted by Gasteiger charge is 2.08. The van der Waals surface area contributed by atoms with Crippen LogP contribution in [-0.2, 0) is 6.61 Å². The molecule has 7 heteroatoms. The van der Waals surface area contributed by atoms with Crippen molar-refractivity contribution in [2.75, 3.05) is 5.32 Å². The Bertz CT molecular complexity index is 1160. The summed E-state index contributed by atoms with van der Waals surface area (Å²) in [6.45, 7) is 0.445. The van der Waals surface area contributed by atoms with Gasteiger partial charge in [-0.25, -0.2) is 9.97 Å². The molecule has 0 aliphatic rings. The summed E-state index contributed by atoms with van der Waals surface area (Å²) in [5, 5.41) is 4.82. The second-order valence-corrected chi connectivity index (χ2v) is 8.64. The summed E-state index contributed by atoms with van der Waals surface area (Å²) in [6, 6.07) is 19.7. The summed E-state index contributed by atoms with van der Waals surface area (Å²) in [4.78, 5) is 8.69. The highest BCUT2D eigenvalue weighted by Crippen LogP contribution is 2.31. The van der Waals surface area contributed by atoms with E-state index in [2.05, 4.69) is 59.9 Å². The maximum Gasteiger partial charge on any atom is 0.141 e. The Morgan fingerprint density at radius 3 is 2.75 bits per heavy atom. The lowest BCUT2D eigenvalue weighted by atomic mass is 10.2. The number of fused-ring (bicyclic) bond motifs is 1. The van der Waals surface area contributed by atoms with Crippen LogP contribution < -0.4 is 10.1 Å². The fourth-order valence-electron chi connectivity index (χ4n) is 2.75. The van der Waals surface area contributed by atoms with Gasteiger partial charge < -0.3 is 10.1 Å². The molecule has 0 atom stereocenters. The Labute approximate surface area is 189 Å². The molecule has 1 aromatic heterocycles. The average Bonchev–Trinajstić information content (AvgIpc) is 2.68. The molecule has 1 heterocycles. The van der Waals surface area contributed by atoms with Gasteiger partial charge in [-0.1, -0.05) is 39.7 Å². The minimum absolute atomic E-state index is 0.445. The second-order valence-electron chi connectivity index (χ2n) is 6.07. The molecule has 0 amide bonds. The summed E-state index contributed by atoms with van der Waals surface area (Å²) in [6.07, 6.45) is 1.55. The molecular formula is C21H14BrClIN3O. The third-order valence-electron chi connectivity index (χ3n) is 4.08. The van der Waals surface area contributed by atoms with Gasteiger partial charge in [-0.15, -0.1) is 0 Å². The molecular weight excluding hydrogens is 553 g/mol. The van der Waals surface area contributed by atoms with E-state index >= 15 is 0 Å². The Hall–Kier alpha value is -1.90. The Morgan fingerprint density at radius 2 is 1.93 bits per heavy atom. The van der Waals surface area contributed by atoms with Gasteiger partial charge in [0.15, 0.2) is 0 Å². The molecule has 28 heavy (non-hydrogen) atoms. The van der Waals surface area contributed by atoms with Crippen molar-refractivity contribution >= 4 is 72.5 Å². The Kier molecular flexibility index (Phi) is 5.99. The lowest BCUT2D eigenvalue weighted by Gasteiger charge is -2.12. The first-order chi connectivity index (χ1) is 13.6. The number of ether oxygens (including phenoxy) is 1. The van der Waals surface area contributed by atoms with E-state index in [0.717, 1.165) is 36.0 Å². The fourth-order valence-corrected chi connectivity index (χ4v) is 3.92. The van der Waals surface area contributed by atoms with Crippen LogP contribution in [0.15, 0.2) is 71.5 Å². The van der Waals surface area contributed by atoms with Crippen molar-refractivity contribution in [1.29, 1.82) is 0 Å². The minimum atomic E-state index is 0.445. The SMILES string of the molecule is Clc1cc(Nc2ncnc3ccc(I)cc23)ccc1OCc1cccc(Br)c1. The minimum Gasteiger partial charge on any atom is -0.487 e. The summed E-state index contributed by atoms with van der Waals surface area (Å²) >= 11 is 12.2. The van der Waals surface area contributed by atoms with Crippen LogP contribution in [0.4, 0.5) is 11.5 Å². The van der Waals surface area contributed by atoms with E-state index in [9.17, 15) is 0 Å². The maximum absolute atomic E-state index is 6.43. The van der Waals surface area contributed by atoms with Gasteiger partial charge in [-0.3, -0.25) is 0 Å². The maximum atomic E-state index is 6.43. The van der Waals surface area contributed by atoms with Crippen LogP contribution in [0.5, 0.6) is 5.75 Å². The average molecular weight is 567 g/mol. The molecule has 0 aliphatic carbocycles. The molecule has 0 spiro atoms. The summed E-state index contributed by atoms with van der Waals surface area (Å²) < 4.78 is 8.00. The van der Waals surface area contributed by atoms with Crippen molar-refractivity contribution in [1.82, 2.24) is 9.97 Å². The number of anilines is 2. The van der Waals surface area contributed by atoms with Gasteiger partial charge in [0.25, 0.3) is 0 Å². The predicted molar refractivity (Wildman–Crippen MR) is 125 cm³/mol. The molecule has 4 aromatic rings. The first-order valence-corrected chi connectivity index (χ1v) is 10.7. The van der Waals surface area contributed by atoms with Crippen molar-refractivity contribution in [2.24, 2.45) is 0 Å². The van der Waals surface area contributed by atoms with Crippen molar-refractivity contribution in [3.8, 4) is 5.75 Å². The smallest absolute Gasteiger partial charge is 0.141 e. The van der Waals surface area contributed by atoms with Gasteiger partial charge >= 0.3 is 0 Å². The van der Waals surface area contributed by atoms with Gasteiger partial charge in [-0.2, -0.15) is 0 Å². The number of aromatic nitrogens is 2. The van der Waals surface area contributed by atoms with E-state index in [1.165, 1.54) is 0 Å². The van der Waals surface area contributed by atoms with Gasteiger partial charge in [0.05, 0.1) is 10.5 Å². The van der Waals surface area contributed by atoms with E-state index in [0.29, 0.717) is 17.4 Å². The van der Waals surface area contributed by atoms with Crippen molar-refractivity contribution in [2.45, 2.75) is 6.61 Å². The zero-order valence-electron chi connectivity index (χ0n) is 14.5. The Balaban J connectivity index is 1.53. The number of halogens is 3. The molecule has 0 fully saturated rings. The van der Waals surface area contributed by atoms with Crippen LogP contribution in [0.3, 0.4) is 0 Å². The fraction of sp³-hybridized carbons (Fsp3) is 0.0476. The van der Waals surface area contributed by atoms with Gasteiger partial charge in [0.1, 0.15) is 24.5 Å².